The second kappa shape index (κ2) is 19.0. The average molecular weight is 342 g/mol. The van der Waals surface area contributed by atoms with Crippen molar-refractivity contribution >= 4 is 0 Å². The van der Waals surface area contributed by atoms with Gasteiger partial charge in [0.25, 0.3) is 0 Å². The highest BCUT2D eigenvalue weighted by molar-refractivity contribution is 4.93. The topological polar surface area (TPSA) is 66.5 Å². The summed E-state index contributed by atoms with van der Waals surface area (Å²) in [6.07, 6.45) is 23.2. The molecule has 0 bridgehead atoms. The van der Waals surface area contributed by atoms with Crippen LogP contribution in [0.25, 0.3) is 0 Å². The molecule has 4 N–H and O–H groups in total. The van der Waals surface area contributed by atoms with Crippen molar-refractivity contribution in [3.05, 3.63) is 12.2 Å². The molecule has 0 radical (unpaired) electrons. The van der Waals surface area contributed by atoms with Crippen molar-refractivity contribution in [2.45, 2.75) is 115 Å². The van der Waals surface area contributed by atoms with Gasteiger partial charge in [0.15, 0.2) is 0 Å². The smallest absolute Gasteiger partial charge is 0.0894 e. The Morgan fingerprint density at radius 3 is 1.58 bits per heavy atom. The minimum atomic E-state index is -0.721. The van der Waals surface area contributed by atoms with Gasteiger partial charge in [-0.3, -0.25) is 0 Å². The van der Waals surface area contributed by atoms with Crippen LogP contribution in [0.1, 0.15) is 103 Å². The molecule has 0 amide bonds. The number of aliphatic hydroxyl groups excluding tert-OH is 2. The molecule has 0 unspecified atom stereocenters. The largest absolute Gasteiger partial charge is 0.395 e. The fourth-order valence-corrected chi connectivity index (χ4v) is 2.94. The third kappa shape index (κ3) is 16.5. The van der Waals surface area contributed by atoms with E-state index >= 15 is 0 Å². The molecule has 0 fully saturated rings. The molecular formula is C21H43NO2. The molecule has 0 aliphatic heterocycles. The van der Waals surface area contributed by atoms with Gasteiger partial charge in [0.1, 0.15) is 0 Å². The van der Waals surface area contributed by atoms with Gasteiger partial charge < -0.3 is 15.9 Å². The quantitative estimate of drug-likeness (QED) is 0.240. The summed E-state index contributed by atoms with van der Waals surface area (Å²) in [7, 11) is 0. The zero-order valence-corrected chi connectivity index (χ0v) is 16.1. The third-order valence-electron chi connectivity index (χ3n) is 4.71. The van der Waals surface area contributed by atoms with E-state index in [2.05, 4.69) is 6.92 Å². The van der Waals surface area contributed by atoms with Crippen LogP contribution in [0.3, 0.4) is 0 Å². The van der Waals surface area contributed by atoms with Gasteiger partial charge in [-0.05, 0) is 12.8 Å². The Bertz CT molecular complexity index is 269. The third-order valence-corrected chi connectivity index (χ3v) is 4.71. The van der Waals surface area contributed by atoms with Crippen molar-refractivity contribution in [1.29, 1.82) is 0 Å². The van der Waals surface area contributed by atoms with Crippen LogP contribution >= 0.6 is 0 Å². The highest BCUT2D eigenvalue weighted by atomic mass is 16.3. The van der Waals surface area contributed by atoms with Crippen LogP contribution in [-0.4, -0.2) is 29.0 Å². The molecule has 3 heteroatoms. The predicted molar refractivity (Wildman–Crippen MR) is 105 cm³/mol. The first-order chi connectivity index (χ1) is 11.7. The first-order valence-corrected chi connectivity index (χ1v) is 10.4. The zero-order valence-electron chi connectivity index (χ0n) is 16.1. The first-order valence-electron chi connectivity index (χ1n) is 10.4. The van der Waals surface area contributed by atoms with Gasteiger partial charge in [0.2, 0.25) is 0 Å². The highest BCUT2D eigenvalue weighted by Gasteiger charge is 2.08. The zero-order chi connectivity index (χ0) is 17.9. The van der Waals surface area contributed by atoms with Crippen LogP contribution in [0.15, 0.2) is 12.2 Å². The van der Waals surface area contributed by atoms with Crippen LogP contribution in [0.4, 0.5) is 0 Å². The van der Waals surface area contributed by atoms with Gasteiger partial charge in [0, 0.05) is 0 Å². The summed E-state index contributed by atoms with van der Waals surface area (Å²) in [6, 6.07) is -0.558. The summed E-state index contributed by atoms with van der Waals surface area (Å²) < 4.78 is 0. The SMILES string of the molecule is CCCCCCCCCCCCCCCC/C=C/[C@@H](O)[C@@H](N)CO. The van der Waals surface area contributed by atoms with Gasteiger partial charge in [-0.15, -0.1) is 0 Å². The Morgan fingerprint density at radius 1 is 0.750 bits per heavy atom. The van der Waals surface area contributed by atoms with E-state index in [1.807, 2.05) is 6.08 Å². The number of unbranched alkanes of at least 4 members (excludes halogenated alkanes) is 14. The summed E-state index contributed by atoms with van der Waals surface area (Å²) in [5, 5.41) is 18.4. The van der Waals surface area contributed by atoms with Crippen molar-refractivity contribution in [2.24, 2.45) is 5.73 Å². The van der Waals surface area contributed by atoms with Crippen molar-refractivity contribution in [1.82, 2.24) is 0 Å². The van der Waals surface area contributed by atoms with Crippen molar-refractivity contribution in [2.75, 3.05) is 6.61 Å². The second-order valence-electron chi connectivity index (χ2n) is 7.15. The molecule has 144 valence electrons. The Kier molecular flexibility index (Phi) is 18.7. The molecule has 0 saturated heterocycles. The maximum Gasteiger partial charge on any atom is 0.0894 e. The van der Waals surface area contributed by atoms with Crippen LogP contribution in [0.5, 0.6) is 0 Å². The Balaban J connectivity index is 3.16. The molecule has 0 aromatic heterocycles. The number of hydrogen-bond acceptors (Lipinski definition) is 3. The molecular weight excluding hydrogens is 298 g/mol. The molecule has 2 atom stereocenters. The summed E-state index contributed by atoms with van der Waals surface area (Å²) in [4.78, 5) is 0. The van der Waals surface area contributed by atoms with E-state index in [9.17, 15) is 5.11 Å². The van der Waals surface area contributed by atoms with Gasteiger partial charge in [-0.2, -0.15) is 0 Å². The van der Waals surface area contributed by atoms with Crippen LogP contribution in [0, 0.1) is 0 Å². The fraction of sp³-hybridized carbons (Fsp3) is 0.905. The number of allylic oxidation sites excluding steroid dienone is 1. The lowest BCUT2D eigenvalue weighted by Crippen LogP contribution is -2.36. The molecule has 0 aromatic rings. The summed E-state index contributed by atoms with van der Waals surface area (Å²) in [5.74, 6) is 0. The van der Waals surface area contributed by atoms with Crippen molar-refractivity contribution < 1.29 is 10.2 Å². The molecule has 0 rings (SSSR count). The molecule has 0 heterocycles. The summed E-state index contributed by atoms with van der Waals surface area (Å²) in [6.45, 7) is 2.10. The molecule has 0 saturated carbocycles. The van der Waals surface area contributed by atoms with Gasteiger partial charge in [0.05, 0.1) is 18.8 Å². The molecule has 0 spiro atoms. The van der Waals surface area contributed by atoms with E-state index < -0.39 is 12.1 Å². The lowest BCUT2D eigenvalue weighted by molar-refractivity contribution is 0.144. The Morgan fingerprint density at radius 2 is 1.17 bits per heavy atom. The average Bonchev–Trinajstić information content (AvgIpc) is 2.60. The van der Waals surface area contributed by atoms with Crippen LogP contribution in [-0.2, 0) is 0 Å². The van der Waals surface area contributed by atoms with E-state index in [1.54, 1.807) is 6.08 Å². The first kappa shape index (κ1) is 23.6. The predicted octanol–water partition coefficient (Wildman–Crippen LogP) is 5.09. The number of hydrogen-bond donors (Lipinski definition) is 3. The van der Waals surface area contributed by atoms with Gasteiger partial charge in [-0.25, -0.2) is 0 Å². The monoisotopic (exact) mass is 341 g/mol. The lowest BCUT2D eigenvalue weighted by Gasteiger charge is -2.11. The molecule has 0 aliphatic rings. The maximum absolute atomic E-state index is 9.56. The minimum absolute atomic E-state index is 0.176. The number of aliphatic hydroxyl groups is 2. The molecule has 0 aromatic carbocycles. The van der Waals surface area contributed by atoms with Crippen molar-refractivity contribution in [3.8, 4) is 0 Å². The summed E-state index contributed by atoms with van der Waals surface area (Å²) in [5.41, 5.74) is 5.53. The molecule has 24 heavy (non-hydrogen) atoms. The van der Waals surface area contributed by atoms with E-state index in [0.29, 0.717) is 0 Å². The normalized spacial score (nSPS) is 14.3. The van der Waals surface area contributed by atoms with Crippen LogP contribution in [0.2, 0.25) is 0 Å². The molecule has 0 aliphatic carbocycles. The minimum Gasteiger partial charge on any atom is -0.395 e. The lowest BCUT2D eigenvalue weighted by atomic mass is 10.0. The standard InChI is InChI=1S/C21H43NO2/c1-2-3-4-5-6-7-8-9-10-11-12-13-14-15-16-17-18-21(24)20(22)19-23/h17-18,20-21,23-24H,2-16,19,22H2,1H3/b18-17+/t20-,21+/m0/s1. The van der Waals surface area contributed by atoms with Crippen LogP contribution < -0.4 is 5.73 Å². The maximum atomic E-state index is 9.56. The number of rotatable bonds is 18. The van der Waals surface area contributed by atoms with E-state index in [0.717, 1.165) is 6.42 Å². The van der Waals surface area contributed by atoms with E-state index in [4.69, 9.17) is 10.8 Å². The van der Waals surface area contributed by atoms with Crippen molar-refractivity contribution in [3.63, 3.8) is 0 Å². The van der Waals surface area contributed by atoms with E-state index in [-0.39, 0.29) is 6.61 Å². The van der Waals surface area contributed by atoms with E-state index in [1.165, 1.54) is 89.9 Å². The van der Waals surface area contributed by atoms with Gasteiger partial charge in [-0.1, -0.05) is 103 Å². The highest BCUT2D eigenvalue weighted by Crippen LogP contribution is 2.13. The Labute approximate surface area is 150 Å². The van der Waals surface area contributed by atoms with Gasteiger partial charge >= 0.3 is 0 Å². The number of nitrogens with two attached hydrogens (primary N) is 1. The summed E-state index contributed by atoms with van der Waals surface area (Å²) >= 11 is 0. The Hall–Kier alpha value is -0.380. The second-order valence-corrected chi connectivity index (χ2v) is 7.15. The molecule has 3 nitrogen and oxygen atoms in total. The fourth-order valence-electron chi connectivity index (χ4n) is 2.94.